The predicted octanol–water partition coefficient (Wildman–Crippen LogP) is 3.73. The quantitative estimate of drug-likeness (QED) is 0.919. The van der Waals surface area contributed by atoms with Crippen LogP contribution < -0.4 is 10.6 Å². The summed E-state index contributed by atoms with van der Waals surface area (Å²) in [5, 5.41) is 0. The zero-order valence-electron chi connectivity index (χ0n) is 12.7. The van der Waals surface area contributed by atoms with Gasteiger partial charge in [0.2, 0.25) is 0 Å². The maximum absolute atomic E-state index is 5.74. The minimum absolute atomic E-state index is 0.572. The van der Waals surface area contributed by atoms with Crippen molar-refractivity contribution in [2.24, 2.45) is 0 Å². The fourth-order valence-corrected chi connectivity index (χ4v) is 2.35. The molecule has 2 N–H and O–H groups in total. The lowest BCUT2D eigenvalue weighted by molar-refractivity contribution is 0.857. The van der Waals surface area contributed by atoms with Gasteiger partial charge in [0.1, 0.15) is 5.82 Å². The Kier molecular flexibility index (Phi) is 4.28. The number of nitrogen functional groups attached to an aromatic ring is 1. The van der Waals surface area contributed by atoms with Gasteiger partial charge in [-0.05, 0) is 35.6 Å². The molecule has 0 unspecified atom stereocenters. The summed E-state index contributed by atoms with van der Waals surface area (Å²) in [6, 6.07) is 10.8. The highest BCUT2D eigenvalue weighted by molar-refractivity contribution is 5.52. The number of aryl methyl sites for hydroxylation is 1. The van der Waals surface area contributed by atoms with Crippen molar-refractivity contribution in [3.05, 3.63) is 53.2 Å². The topological polar surface area (TPSA) is 42.1 Å². The molecule has 0 aliphatic carbocycles. The Balaban J connectivity index is 2.12. The molecule has 0 radical (unpaired) electrons. The third-order valence-corrected chi connectivity index (χ3v) is 3.50. The molecule has 0 aliphatic heterocycles. The van der Waals surface area contributed by atoms with Gasteiger partial charge in [0.05, 0.1) is 11.9 Å². The third-order valence-electron chi connectivity index (χ3n) is 3.50. The number of aromatic nitrogens is 1. The Labute approximate surface area is 121 Å². The van der Waals surface area contributed by atoms with Crippen molar-refractivity contribution in [1.29, 1.82) is 0 Å². The smallest absolute Gasteiger partial charge is 0.131 e. The number of anilines is 2. The van der Waals surface area contributed by atoms with E-state index in [9.17, 15) is 0 Å². The fraction of sp³-hybridized carbons (Fsp3) is 0.353. The SMILES string of the molecule is Cc1cc(N)cnc1N(C)Cc1ccc(C(C)C)cc1. The molecule has 20 heavy (non-hydrogen) atoms. The van der Waals surface area contributed by atoms with Crippen molar-refractivity contribution in [3.8, 4) is 0 Å². The molecular weight excluding hydrogens is 246 g/mol. The van der Waals surface area contributed by atoms with Crippen molar-refractivity contribution in [2.45, 2.75) is 33.2 Å². The Morgan fingerprint density at radius 1 is 1.20 bits per heavy atom. The number of benzene rings is 1. The average Bonchev–Trinajstić information content (AvgIpc) is 2.39. The molecule has 3 nitrogen and oxygen atoms in total. The maximum Gasteiger partial charge on any atom is 0.131 e. The van der Waals surface area contributed by atoms with Gasteiger partial charge in [-0.3, -0.25) is 0 Å². The van der Waals surface area contributed by atoms with Gasteiger partial charge in [0.15, 0.2) is 0 Å². The van der Waals surface area contributed by atoms with Crippen LogP contribution in [0.4, 0.5) is 11.5 Å². The summed E-state index contributed by atoms with van der Waals surface area (Å²) in [6.45, 7) is 7.30. The van der Waals surface area contributed by atoms with E-state index >= 15 is 0 Å². The van der Waals surface area contributed by atoms with Crippen LogP contribution in [0.3, 0.4) is 0 Å². The molecule has 0 atom stereocenters. The molecule has 0 bridgehead atoms. The van der Waals surface area contributed by atoms with E-state index in [0.29, 0.717) is 11.6 Å². The zero-order chi connectivity index (χ0) is 14.7. The molecule has 0 aliphatic rings. The monoisotopic (exact) mass is 269 g/mol. The van der Waals surface area contributed by atoms with Crippen molar-refractivity contribution in [2.75, 3.05) is 17.7 Å². The molecule has 0 amide bonds. The second kappa shape index (κ2) is 5.95. The van der Waals surface area contributed by atoms with E-state index in [1.807, 2.05) is 13.0 Å². The Hall–Kier alpha value is -2.03. The minimum Gasteiger partial charge on any atom is -0.397 e. The van der Waals surface area contributed by atoms with Gasteiger partial charge in [-0.15, -0.1) is 0 Å². The summed E-state index contributed by atoms with van der Waals surface area (Å²) in [5.74, 6) is 1.55. The summed E-state index contributed by atoms with van der Waals surface area (Å²) in [5.41, 5.74) is 10.2. The van der Waals surface area contributed by atoms with Crippen LogP contribution in [0.15, 0.2) is 36.5 Å². The molecule has 1 aromatic heterocycles. The Morgan fingerprint density at radius 3 is 2.40 bits per heavy atom. The molecule has 1 aromatic carbocycles. The van der Waals surface area contributed by atoms with Gasteiger partial charge in [-0.25, -0.2) is 4.98 Å². The number of rotatable bonds is 4. The molecule has 0 saturated heterocycles. The van der Waals surface area contributed by atoms with E-state index in [4.69, 9.17) is 5.73 Å². The van der Waals surface area contributed by atoms with E-state index in [1.54, 1.807) is 6.20 Å². The number of nitrogens with zero attached hydrogens (tertiary/aromatic N) is 2. The van der Waals surface area contributed by atoms with Crippen molar-refractivity contribution < 1.29 is 0 Å². The normalized spacial score (nSPS) is 10.8. The van der Waals surface area contributed by atoms with Crippen molar-refractivity contribution in [3.63, 3.8) is 0 Å². The molecule has 0 spiro atoms. The van der Waals surface area contributed by atoms with Crippen LogP contribution >= 0.6 is 0 Å². The van der Waals surface area contributed by atoms with Crippen LogP contribution in [0.2, 0.25) is 0 Å². The second-order valence-corrected chi connectivity index (χ2v) is 5.66. The van der Waals surface area contributed by atoms with Gasteiger partial charge in [0.25, 0.3) is 0 Å². The van der Waals surface area contributed by atoms with Crippen LogP contribution in [0, 0.1) is 6.92 Å². The highest BCUT2D eigenvalue weighted by Crippen LogP contribution is 2.20. The van der Waals surface area contributed by atoms with Crippen LogP contribution in [0.5, 0.6) is 0 Å². The lowest BCUT2D eigenvalue weighted by Crippen LogP contribution is -2.18. The van der Waals surface area contributed by atoms with Gasteiger partial charge in [-0.1, -0.05) is 38.1 Å². The summed E-state index contributed by atoms with van der Waals surface area (Å²) in [7, 11) is 2.06. The first-order chi connectivity index (χ1) is 9.47. The number of hydrogen-bond donors (Lipinski definition) is 1. The maximum atomic E-state index is 5.74. The molecule has 2 rings (SSSR count). The first-order valence-corrected chi connectivity index (χ1v) is 6.99. The molecular formula is C17H23N3. The lowest BCUT2D eigenvalue weighted by Gasteiger charge is -2.20. The standard InChI is InChI=1S/C17H23N3/c1-12(2)15-7-5-14(6-8-15)11-20(4)17-13(3)9-16(18)10-19-17/h5-10,12H,11,18H2,1-4H3. The van der Waals surface area contributed by atoms with Crippen LogP contribution in [0.25, 0.3) is 0 Å². The highest BCUT2D eigenvalue weighted by Gasteiger charge is 2.07. The van der Waals surface area contributed by atoms with Crippen LogP contribution in [-0.4, -0.2) is 12.0 Å². The van der Waals surface area contributed by atoms with E-state index in [-0.39, 0.29) is 0 Å². The number of hydrogen-bond acceptors (Lipinski definition) is 3. The molecule has 1 heterocycles. The average molecular weight is 269 g/mol. The van der Waals surface area contributed by atoms with E-state index in [1.165, 1.54) is 11.1 Å². The van der Waals surface area contributed by atoms with Gasteiger partial charge in [-0.2, -0.15) is 0 Å². The van der Waals surface area contributed by atoms with Crippen molar-refractivity contribution in [1.82, 2.24) is 4.98 Å². The lowest BCUT2D eigenvalue weighted by atomic mass is 10.0. The van der Waals surface area contributed by atoms with Gasteiger partial charge < -0.3 is 10.6 Å². The van der Waals surface area contributed by atoms with E-state index in [2.05, 4.69) is 55.0 Å². The van der Waals surface area contributed by atoms with Gasteiger partial charge in [0, 0.05) is 13.6 Å². The first-order valence-electron chi connectivity index (χ1n) is 6.99. The Bertz CT molecular complexity index is 573. The molecule has 0 saturated carbocycles. The summed E-state index contributed by atoms with van der Waals surface area (Å²) >= 11 is 0. The third kappa shape index (κ3) is 3.29. The summed E-state index contributed by atoms with van der Waals surface area (Å²) < 4.78 is 0. The van der Waals surface area contributed by atoms with E-state index in [0.717, 1.165) is 17.9 Å². The highest BCUT2D eigenvalue weighted by atomic mass is 15.2. The second-order valence-electron chi connectivity index (χ2n) is 5.66. The van der Waals surface area contributed by atoms with Crippen LogP contribution in [-0.2, 0) is 6.54 Å². The zero-order valence-corrected chi connectivity index (χ0v) is 12.7. The Morgan fingerprint density at radius 2 is 1.85 bits per heavy atom. The number of nitrogens with two attached hydrogens (primary N) is 1. The van der Waals surface area contributed by atoms with Gasteiger partial charge >= 0.3 is 0 Å². The predicted molar refractivity (Wildman–Crippen MR) is 86.0 cm³/mol. The summed E-state index contributed by atoms with van der Waals surface area (Å²) in [4.78, 5) is 6.57. The van der Waals surface area contributed by atoms with Crippen molar-refractivity contribution >= 4 is 11.5 Å². The molecule has 3 heteroatoms. The number of pyridine rings is 1. The first kappa shape index (κ1) is 14.4. The molecule has 2 aromatic rings. The molecule has 106 valence electrons. The summed E-state index contributed by atoms with van der Waals surface area (Å²) in [6.07, 6.45) is 1.71. The largest absolute Gasteiger partial charge is 0.397 e. The minimum atomic E-state index is 0.572. The van der Waals surface area contributed by atoms with Crippen LogP contribution in [0.1, 0.15) is 36.5 Å². The fourth-order valence-electron chi connectivity index (χ4n) is 2.35. The molecule has 0 fully saturated rings. The van der Waals surface area contributed by atoms with E-state index < -0.39 is 0 Å².